The number of hydrogen-bond donors (Lipinski definition) is 1. The third-order valence-corrected chi connectivity index (χ3v) is 4.41. The lowest BCUT2D eigenvalue weighted by atomic mass is 10.2. The second kappa shape index (κ2) is 11.4. The van der Waals surface area contributed by atoms with Gasteiger partial charge in [0, 0.05) is 5.69 Å². The first-order valence-electron chi connectivity index (χ1n) is 10.1. The minimum Gasteiger partial charge on any atom is -0.497 e. The Morgan fingerprint density at radius 1 is 0.812 bits per heavy atom. The molecule has 7 heteroatoms. The SMILES string of the molecule is COc1ccc(OCCC(=O)O[C@H](C)C(=O)Nc2ccc(Oc3ccccc3)cc2)cc1. The molecule has 1 atom stereocenters. The number of esters is 1. The normalized spacial score (nSPS) is 11.2. The van der Waals surface area contributed by atoms with Gasteiger partial charge in [-0.2, -0.15) is 0 Å². The molecule has 0 heterocycles. The van der Waals surface area contributed by atoms with Gasteiger partial charge >= 0.3 is 5.97 Å². The zero-order valence-electron chi connectivity index (χ0n) is 17.9. The number of para-hydroxylation sites is 1. The highest BCUT2D eigenvalue weighted by Crippen LogP contribution is 2.23. The Morgan fingerprint density at radius 3 is 2.06 bits per heavy atom. The van der Waals surface area contributed by atoms with E-state index < -0.39 is 18.0 Å². The topological polar surface area (TPSA) is 83.1 Å². The van der Waals surface area contributed by atoms with Crippen LogP contribution in [0.4, 0.5) is 5.69 Å². The minimum atomic E-state index is -0.941. The molecule has 0 radical (unpaired) electrons. The fourth-order valence-electron chi connectivity index (χ4n) is 2.71. The first-order valence-corrected chi connectivity index (χ1v) is 10.1. The summed E-state index contributed by atoms with van der Waals surface area (Å²) < 4.78 is 21.5. The molecule has 1 N–H and O–H groups in total. The molecule has 0 aliphatic heterocycles. The average Bonchev–Trinajstić information content (AvgIpc) is 2.81. The third-order valence-electron chi connectivity index (χ3n) is 4.41. The number of hydrogen-bond acceptors (Lipinski definition) is 6. The summed E-state index contributed by atoms with van der Waals surface area (Å²) >= 11 is 0. The van der Waals surface area contributed by atoms with Crippen LogP contribution in [0.5, 0.6) is 23.0 Å². The number of carbonyl (C=O) groups excluding carboxylic acids is 2. The van der Waals surface area contributed by atoms with Crippen molar-refractivity contribution in [2.75, 3.05) is 19.0 Å². The maximum absolute atomic E-state index is 12.3. The zero-order chi connectivity index (χ0) is 22.8. The lowest BCUT2D eigenvalue weighted by Crippen LogP contribution is -2.30. The highest BCUT2D eigenvalue weighted by atomic mass is 16.6. The molecule has 32 heavy (non-hydrogen) atoms. The predicted molar refractivity (Wildman–Crippen MR) is 120 cm³/mol. The van der Waals surface area contributed by atoms with E-state index in [1.165, 1.54) is 6.92 Å². The molecule has 166 valence electrons. The summed E-state index contributed by atoms with van der Waals surface area (Å²) in [6, 6.07) is 23.3. The predicted octanol–water partition coefficient (Wildman–Crippen LogP) is 4.83. The van der Waals surface area contributed by atoms with Crippen LogP contribution in [0, 0.1) is 0 Å². The van der Waals surface area contributed by atoms with Crippen molar-refractivity contribution in [3.63, 3.8) is 0 Å². The Morgan fingerprint density at radius 2 is 1.41 bits per heavy atom. The molecule has 3 rings (SSSR count). The Hall–Kier alpha value is -4.00. The van der Waals surface area contributed by atoms with Gasteiger partial charge in [0.2, 0.25) is 0 Å². The molecule has 0 spiro atoms. The second-order valence-electron chi connectivity index (χ2n) is 6.83. The molecule has 0 aromatic heterocycles. The van der Waals surface area contributed by atoms with Crippen molar-refractivity contribution in [2.24, 2.45) is 0 Å². The molecular weight excluding hydrogens is 410 g/mol. The van der Waals surface area contributed by atoms with Crippen LogP contribution < -0.4 is 19.5 Å². The molecule has 0 unspecified atom stereocenters. The van der Waals surface area contributed by atoms with Crippen LogP contribution in [0.25, 0.3) is 0 Å². The van der Waals surface area contributed by atoms with Crippen molar-refractivity contribution >= 4 is 17.6 Å². The smallest absolute Gasteiger partial charge is 0.310 e. The van der Waals surface area contributed by atoms with Crippen LogP contribution in [-0.2, 0) is 14.3 Å². The number of nitrogens with one attached hydrogen (secondary N) is 1. The number of rotatable bonds is 10. The van der Waals surface area contributed by atoms with E-state index >= 15 is 0 Å². The molecule has 0 fully saturated rings. The van der Waals surface area contributed by atoms with Crippen molar-refractivity contribution in [2.45, 2.75) is 19.4 Å². The van der Waals surface area contributed by atoms with Crippen molar-refractivity contribution in [3.05, 3.63) is 78.9 Å². The summed E-state index contributed by atoms with van der Waals surface area (Å²) in [5.74, 6) is 1.75. The molecule has 3 aromatic carbocycles. The maximum atomic E-state index is 12.3. The Bertz CT molecular complexity index is 1000. The van der Waals surface area contributed by atoms with Gasteiger partial charge in [0.25, 0.3) is 5.91 Å². The quantitative estimate of drug-likeness (QED) is 0.460. The molecule has 1 amide bonds. The van der Waals surface area contributed by atoms with Crippen LogP contribution in [0.2, 0.25) is 0 Å². The summed E-state index contributed by atoms with van der Waals surface area (Å²) in [6.07, 6.45) is -0.918. The van der Waals surface area contributed by atoms with E-state index in [1.807, 2.05) is 30.3 Å². The number of ether oxygens (including phenoxy) is 4. The van der Waals surface area contributed by atoms with E-state index in [2.05, 4.69) is 5.32 Å². The molecular formula is C25H25NO6. The van der Waals surface area contributed by atoms with Crippen LogP contribution in [0.3, 0.4) is 0 Å². The average molecular weight is 435 g/mol. The molecule has 7 nitrogen and oxygen atoms in total. The monoisotopic (exact) mass is 435 g/mol. The molecule has 0 aliphatic carbocycles. The number of anilines is 1. The van der Waals surface area contributed by atoms with E-state index in [1.54, 1.807) is 55.6 Å². The summed E-state index contributed by atoms with van der Waals surface area (Å²) in [6.45, 7) is 1.66. The number of benzene rings is 3. The largest absolute Gasteiger partial charge is 0.497 e. The van der Waals surface area contributed by atoms with Crippen molar-refractivity contribution < 1.29 is 28.5 Å². The van der Waals surface area contributed by atoms with Crippen molar-refractivity contribution in [1.82, 2.24) is 0 Å². The standard InChI is InChI=1S/C25H25NO6/c1-18(31-24(27)16-17-30-21-14-12-20(29-2)13-15-21)25(28)26-19-8-10-23(11-9-19)32-22-6-4-3-5-7-22/h3-15,18H,16-17H2,1-2H3,(H,26,28)/t18-/m1/s1. The highest BCUT2D eigenvalue weighted by molar-refractivity contribution is 5.95. The van der Waals surface area contributed by atoms with Gasteiger partial charge in [-0.1, -0.05) is 18.2 Å². The summed E-state index contributed by atoms with van der Waals surface area (Å²) in [5, 5.41) is 2.72. The third kappa shape index (κ3) is 7.05. The Balaban J connectivity index is 1.40. The van der Waals surface area contributed by atoms with Gasteiger partial charge in [0.1, 0.15) is 23.0 Å². The van der Waals surface area contributed by atoms with Gasteiger partial charge in [0.15, 0.2) is 6.10 Å². The lowest BCUT2D eigenvalue weighted by molar-refractivity contribution is -0.153. The van der Waals surface area contributed by atoms with E-state index in [0.717, 1.165) is 11.5 Å². The van der Waals surface area contributed by atoms with E-state index in [9.17, 15) is 9.59 Å². The van der Waals surface area contributed by atoms with Crippen molar-refractivity contribution in [3.8, 4) is 23.0 Å². The Labute approximate surface area is 186 Å². The number of carbonyl (C=O) groups is 2. The van der Waals surface area contributed by atoms with Gasteiger partial charge in [-0.15, -0.1) is 0 Å². The van der Waals surface area contributed by atoms with Crippen LogP contribution in [0.15, 0.2) is 78.9 Å². The minimum absolute atomic E-state index is 0.0230. The van der Waals surface area contributed by atoms with Crippen LogP contribution in [-0.4, -0.2) is 31.7 Å². The van der Waals surface area contributed by atoms with E-state index in [4.69, 9.17) is 18.9 Å². The van der Waals surface area contributed by atoms with Crippen LogP contribution in [0.1, 0.15) is 13.3 Å². The highest BCUT2D eigenvalue weighted by Gasteiger charge is 2.18. The van der Waals surface area contributed by atoms with E-state index in [0.29, 0.717) is 17.2 Å². The van der Waals surface area contributed by atoms with Gasteiger partial charge in [-0.05, 0) is 67.6 Å². The van der Waals surface area contributed by atoms with Gasteiger partial charge in [-0.3, -0.25) is 9.59 Å². The molecule has 0 aliphatic rings. The molecule has 0 bridgehead atoms. The molecule has 0 saturated heterocycles. The summed E-state index contributed by atoms with van der Waals surface area (Å²) in [5.41, 5.74) is 0.571. The molecule has 3 aromatic rings. The van der Waals surface area contributed by atoms with E-state index in [-0.39, 0.29) is 13.0 Å². The fraction of sp³-hybridized carbons (Fsp3) is 0.200. The first-order chi connectivity index (χ1) is 15.5. The Kier molecular flexibility index (Phi) is 8.09. The lowest BCUT2D eigenvalue weighted by Gasteiger charge is -2.14. The zero-order valence-corrected chi connectivity index (χ0v) is 17.9. The number of methoxy groups -OCH3 is 1. The van der Waals surface area contributed by atoms with Gasteiger partial charge < -0.3 is 24.3 Å². The maximum Gasteiger partial charge on any atom is 0.310 e. The summed E-state index contributed by atoms with van der Waals surface area (Å²) in [7, 11) is 1.58. The van der Waals surface area contributed by atoms with Gasteiger partial charge in [0.05, 0.1) is 20.1 Å². The summed E-state index contributed by atoms with van der Waals surface area (Å²) in [4.78, 5) is 24.3. The van der Waals surface area contributed by atoms with Crippen LogP contribution >= 0.6 is 0 Å². The second-order valence-corrected chi connectivity index (χ2v) is 6.83. The first kappa shape index (κ1) is 22.7. The fourth-order valence-corrected chi connectivity index (χ4v) is 2.71. The number of amides is 1. The van der Waals surface area contributed by atoms with Gasteiger partial charge in [-0.25, -0.2) is 0 Å². The molecule has 0 saturated carbocycles. The van der Waals surface area contributed by atoms with Crippen molar-refractivity contribution in [1.29, 1.82) is 0 Å².